The lowest BCUT2D eigenvalue weighted by Gasteiger charge is -2.06. The first-order valence-electron chi connectivity index (χ1n) is 5.40. The fraction of sp³-hybridized carbons (Fsp3) is 0.0769. The molecule has 1 aromatic heterocycles. The number of anilines is 1. The number of amides is 1. The summed E-state index contributed by atoms with van der Waals surface area (Å²) >= 11 is 5.89. The number of halogens is 1. The minimum Gasteiger partial charge on any atom is -0.384 e. The normalized spacial score (nSPS) is 9.58. The number of nitrogens with one attached hydrogen (secondary N) is 2. The van der Waals surface area contributed by atoms with Gasteiger partial charge in [-0.3, -0.25) is 9.89 Å². The second kappa shape index (κ2) is 6.05. The number of nitrogens with zero attached hydrogens (tertiary/aromatic N) is 1. The summed E-state index contributed by atoms with van der Waals surface area (Å²) in [7, 11) is 0. The molecule has 0 aliphatic heterocycles. The van der Waals surface area contributed by atoms with Gasteiger partial charge in [-0.2, -0.15) is 5.10 Å². The van der Waals surface area contributed by atoms with Gasteiger partial charge in [-0.05, 0) is 18.2 Å². The van der Waals surface area contributed by atoms with Crippen molar-refractivity contribution in [2.24, 2.45) is 0 Å². The highest BCUT2D eigenvalue weighted by molar-refractivity contribution is 6.31. The molecule has 0 aliphatic carbocycles. The van der Waals surface area contributed by atoms with E-state index in [1.165, 1.54) is 12.4 Å². The van der Waals surface area contributed by atoms with E-state index in [-0.39, 0.29) is 12.5 Å². The Kier molecular flexibility index (Phi) is 4.18. The van der Waals surface area contributed by atoms with Crippen LogP contribution in [0.2, 0.25) is 5.02 Å². The van der Waals surface area contributed by atoms with Gasteiger partial charge < -0.3 is 10.4 Å². The zero-order valence-electron chi connectivity index (χ0n) is 9.77. The Morgan fingerprint density at radius 1 is 1.53 bits per heavy atom. The molecule has 19 heavy (non-hydrogen) atoms. The number of rotatable bonds is 2. The predicted molar refractivity (Wildman–Crippen MR) is 72.0 cm³/mol. The number of aliphatic hydroxyl groups is 1. The first-order valence-corrected chi connectivity index (χ1v) is 5.78. The molecule has 0 fully saturated rings. The molecule has 0 bridgehead atoms. The van der Waals surface area contributed by atoms with Crippen molar-refractivity contribution >= 4 is 23.2 Å². The van der Waals surface area contributed by atoms with Crippen LogP contribution < -0.4 is 5.32 Å². The third-order valence-corrected chi connectivity index (χ3v) is 2.53. The van der Waals surface area contributed by atoms with Gasteiger partial charge in [0, 0.05) is 16.8 Å². The van der Waals surface area contributed by atoms with Crippen LogP contribution in [0, 0.1) is 11.8 Å². The molecule has 2 aromatic rings. The van der Waals surface area contributed by atoms with Crippen molar-refractivity contribution in [1.82, 2.24) is 10.2 Å². The molecule has 0 aliphatic rings. The van der Waals surface area contributed by atoms with Crippen molar-refractivity contribution in [3.63, 3.8) is 0 Å². The average Bonchev–Trinajstić information content (AvgIpc) is 2.92. The summed E-state index contributed by atoms with van der Waals surface area (Å²) in [6.07, 6.45) is 2.90. The number of hydrogen-bond acceptors (Lipinski definition) is 3. The third kappa shape index (κ3) is 3.35. The van der Waals surface area contributed by atoms with Crippen LogP contribution in [0.25, 0.3) is 0 Å². The number of hydrogen-bond donors (Lipinski definition) is 3. The number of aromatic nitrogens is 2. The number of aliphatic hydroxyl groups excluding tert-OH is 1. The molecular weight excluding hydrogens is 266 g/mol. The Bertz CT molecular complexity index is 642. The molecule has 1 amide bonds. The molecule has 0 radical (unpaired) electrons. The van der Waals surface area contributed by atoms with E-state index in [0.29, 0.717) is 21.8 Å². The summed E-state index contributed by atoms with van der Waals surface area (Å²) in [5.41, 5.74) is 1.47. The van der Waals surface area contributed by atoms with Gasteiger partial charge in [-0.1, -0.05) is 23.4 Å². The van der Waals surface area contributed by atoms with Crippen LogP contribution in [0.15, 0.2) is 30.6 Å². The molecular formula is C13H10ClN3O2. The first kappa shape index (κ1) is 13.1. The number of H-pyrrole nitrogens is 1. The maximum absolute atomic E-state index is 11.9. The largest absolute Gasteiger partial charge is 0.384 e. The van der Waals surface area contributed by atoms with Crippen LogP contribution in [0.1, 0.15) is 15.9 Å². The zero-order valence-corrected chi connectivity index (χ0v) is 10.5. The lowest BCUT2D eigenvalue weighted by molar-refractivity contribution is 0.102. The SMILES string of the molecule is O=C(Nc1cc(Cl)ccc1C#CCO)c1cn[nH]c1. The second-order valence-electron chi connectivity index (χ2n) is 3.59. The number of carbonyl (C=O) groups excluding carboxylic acids is 1. The van der Waals surface area contributed by atoms with E-state index in [0.717, 1.165) is 0 Å². The number of aromatic amines is 1. The maximum atomic E-state index is 11.9. The van der Waals surface area contributed by atoms with Gasteiger partial charge in [0.1, 0.15) is 6.61 Å². The van der Waals surface area contributed by atoms with Crippen LogP contribution in [-0.4, -0.2) is 27.8 Å². The van der Waals surface area contributed by atoms with Gasteiger partial charge in [0.15, 0.2) is 0 Å². The summed E-state index contributed by atoms with van der Waals surface area (Å²) in [6.45, 7) is -0.252. The topological polar surface area (TPSA) is 78.0 Å². The predicted octanol–water partition coefficient (Wildman–Crippen LogP) is 1.66. The Morgan fingerprint density at radius 3 is 3.05 bits per heavy atom. The smallest absolute Gasteiger partial charge is 0.258 e. The van der Waals surface area contributed by atoms with Gasteiger partial charge in [-0.25, -0.2) is 0 Å². The fourth-order valence-electron chi connectivity index (χ4n) is 1.43. The quantitative estimate of drug-likeness (QED) is 0.730. The third-order valence-electron chi connectivity index (χ3n) is 2.29. The van der Waals surface area contributed by atoms with Crippen molar-refractivity contribution in [2.75, 3.05) is 11.9 Å². The van der Waals surface area contributed by atoms with E-state index in [4.69, 9.17) is 16.7 Å². The maximum Gasteiger partial charge on any atom is 0.258 e. The van der Waals surface area contributed by atoms with E-state index in [2.05, 4.69) is 27.4 Å². The van der Waals surface area contributed by atoms with Crippen LogP contribution >= 0.6 is 11.6 Å². The van der Waals surface area contributed by atoms with Crippen molar-refractivity contribution in [3.8, 4) is 11.8 Å². The van der Waals surface area contributed by atoms with Crippen LogP contribution in [0.4, 0.5) is 5.69 Å². The highest BCUT2D eigenvalue weighted by Gasteiger charge is 2.09. The molecule has 0 spiro atoms. The Labute approximate surface area is 114 Å². The van der Waals surface area contributed by atoms with Crippen molar-refractivity contribution < 1.29 is 9.90 Å². The summed E-state index contributed by atoms with van der Waals surface area (Å²) < 4.78 is 0. The zero-order chi connectivity index (χ0) is 13.7. The van der Waals surface area contributed by atoms with Gasteiger partial charge in [0.05, 0.1) is 17.4 Å². The molecule has 0 saturated carbocycles. The molecule has 96 valence electrons. The van der Waals surface area contributed by atoms with Gasteiger partial charge in [-0.15, -0.1) is 0 Å². The Hall–Kier alpha value is -2.29. The lowest BCUT2D eigenvalue weighted by atomic mass is 10.1. The van der Waals surface area contributed by atoms with Crippen molar-refractivity contribution in [1.29, 1.82) is 0 Å². The van der Waals surface area contributed by atoms with E-state index >= 15 is 0 Å². The van der Waals surface area contributed by atoms with Gasteiger partial charge in [0.2, 0.25) is 0 Å². The molecule has 1 aromatic carbocycles. The highest BCUT2D eigenvalue weighted by atomic mass is 35.5. The monoisotopic (exact) mass is 275 g/mol. The molecule has 0 unspecified atom stereocenters. The molecule has 6 heteroatoms. The summed E-state index contributed by atoms with van der Waals surface area (Å²) in [6, 6.07) is 4.94. The van der Waals surface area contributed by atoms with Crippen molar-refractivity contribution in [2.45, 2.75) is 0 Å². The number of benzene rings is 1. The van der Waals surface area contributed by atoms with E-state index in [1.807, 2.05) is 0 Å². The van der Waals surface area contributed by atoms with E-state index in [1.54, 1.807) is 18.2 Å². The van der Waals surface area contributed by atoms with Crippen LogP contribution in [0.5, 0.6) is 0 Å². The minimum atomic E-state index is -0.317. The molecule has 0 saturated heterocycles. The minimum absolute atomic E-state index is 0.252. The van der Waals surface area contributed by atoms with Gasteiger partial charge in [0.25, 0.3) is 5.91 Å². The fourth-order valence-corrected chi connectivity index (χ4v) is 1.61. The summed E-state index contributed by atoms with van der Waals surface area (Å²) in [5.74, 6) is 4.95. The van der Waals surface area contributed by atoms with Crippen LogP contribution in [-0.2, 0) is 0 Å². The van der Waals surface area contributed by atoms with Crippen molar-refractivity contribution in [3.05, 3.63) is 46.7 Å². The molecule has 3 N–H and O–H groups in total. The standard InChI is InChI=1S/C13H10ClN3O2/c14-11-4-3-9(2-1-5-18)12(6-11)17-13(19)10-7-15-16-8-10/h3-4,6-8,18H,5H2,(H,15,16)(H,17,19). The Morgan fingerprint density at radius 2 is 2.37 bits per heavy atom. The summed E-state index contributed by atoms with van der Waals surface area (Å²) in [4.78, 5) is 11.9. The molecule has 5 nitrogen and oxygen atoms in total. The molecule has 2 rings (SSSR count). The van der Waals surface area contributed by atoms with Gasteiger partial charge >= 0.3 is 0 Å². The van der Waals surface area contributed by atoms with E-state index in [9.17, 15) is 4.79 Å². The summed E-state index contributed by atoms with van der Waals surface area (Å²) in [5, 5.41) is 18.1. The molecule has 1 heterocycles. The average molecular weight is 276 g/mol. The first-order chi connectivity index (χ1) is 9.20. The second-order valence-corrected chi connectivity index (χ2v) is 4.03. The number of carbonyl (C=O) groups is 1. The van der Waals surface area contributed by atoms with E-state index < -0.39 is 0 Å². The lowest BCUT2D eigenvalue weighted by Crippen LogP contribution is -2.12. The Balaban J connectivity index is 2.28. The molecule has 0 atom stereocenters. The van der Waals surface area contributed by atoms with Crippen LogP contribution in [0.3, 0.4) is 0 Å². The highest BCUT2D eigenvalue weighted by Crippen LogP contribution is 2.21.